The summed E-state index contributed by atoms with van der Waals surface area (Å²) in [4.78, 5) is 1.48. The summed E-state index contributed by atoms with van der Waals surface area (Å²) in [5.41, 5.74) is 1.50. The smallest absolute Gasteiger partial charge is 0.0349 e. The van der Waals surface area contributed by atoms with Crippen molar-refractivity contribution in [3.63, 3.8) is 0 Å². The van der Waals surface area contributed by atoms with Gasteiger partial charge in [0, 0.05) is 26.6 Å². The molecule has 1 nitrogen and oxygen atoms in total. The Labute approximate surface area is 115 Å². The Kier molecular flexibility index (Phi) is 4.23. The van der Waals surface area contributed by atoms with Gasteiger partial charge in [0.2, 0.25) is 0 Å². The van der Waals surface area contributed by atoms with Crippen molar-refractivity contribution < 1.29 is 0 Å². The number of nitrogens with one attached hydrogen (secondary N) is 1. The number of rotatable bonds is 4. The van der Waals surface area contributed by atoms with Gasteiger partial charge < -0.3 is 5.32 Å². The van der Waals surface area contributed by atoms with Gasteiger partial charge in [-0.05, 0) is 35.6 Å². The van der Waals surface area contributed by atoms with Gasteiger partial charge in [-0.2, -0.15) is 0 Å². The number of benzene rings is 1. The summed E-state index contributed by atoms with van der Waals surface area (Å²) in [6.07, 6.45) is 1.10. The van der Waals surface area contributed by atoms with Crippen LogP contribution in [0, 0.1) is 0 Å². The van der Waals surface area contributed by atoms with E-state index in [1.807, 2.05) is 11.3 Å². The number of thiophene rings is 1. The molecule has 0 aliphatic rings. The molecule has 0 saturated carbocycles. The van der Waals surface area contributed by atoms with E-state index in [9.17, 15) is 0 Å². The summed E-state index contributed by atoms with van der Waals surface area (Å²) in [7, 11) is 0. The van der Waals surface area contributed by atoms with Crippen LogP contribution < -0.4 is 5.32 Å². The van der Waals surface area contributed by atoms with Crippen LogP contribution in [0.1, 0.15) is 31.2 Å². The molecular formula is C14H18BrNS. The SMILES string of the molecule is CCc1c(CNC(C)C)sc2ccc(Br)cc12. The van der Waals surface area contributed by atoms with Crippen molar-refractivity contribution in [3.05, 3.63) is 33.1 Å². The van der Waals surface area contributed by atoms with Crippen molar-refractivity contribution in [2.24, 2.45) is 0 Å². The fourth-order valence-corrected chi connectivity index (χ4v) is 3.59. The minimum Gasteiger partial charge on any atom is -0.310 e. The average Bonchev–Trinajstić information content (AvgIpc) is 2.63. The van der Waals surface area contributed by atoms with E-state index in [1.165, 1.54) is 25.0 Å². The van der Waals surface area contributed by atoms with Crippen LogP contribution in [0.3, 0.4) is 0 Å². The third kappa shape index (κ3) is 2.90. The zero-order chi connectivity index (χ0) is 12.4. The molecular weight excluding hydrogens is 294 g/mol. The highest BCUT2D eigenvalue weighted by Gasteiger charge is 2.10. The van der Waals surface area contributed by atoms with E-state index in [0.29, 0.717) is 6.04 Å². The van der Waals surface area contributed by atoms with E-state index in [-0.39, 0.29) is 0 Å². The van der Waals surface area contributed by atoms with Crippen LogP contribution in [0.4, 0.5) is 0 Å². The molecule has 0 spiro atoms. The van der Waals surface area contributed by atoms with Crippen LogP contribution in [0.15, 0.2) is 22.7 Å². The molecule has 0 radical (unpaired) electrons. The Balaban J connectivity index is 2.41. The third-order valence-corrected chi connectivity index (χ3v) is 4.57. The van der Waals surface area contributed by atoms with Gasteiger partial charge in [-0.1, -0.05) is 36.7 Å². The fourth-order valence-electron chi connectivity index (χ4n) is 2.00. The summed E-state index contributed by atoms with van der Waals surface area (Å²) >= 11 is 5.47. The van der Waals surface area contributed by atoms with Gasteiger partial charge in [0.1, 0.15) is 0 Å². The summed E-state index contributed by atoms with van der Waals surface area (Å²) < 4.78 is 2.56. The molecule has 0 bridgehead atoms. The van der Waals surface area contributed by atoms with Gasteiger partial charge in [0.25, 0.3) is 0 Å². The molecule has 17 heavy (non-hydrogen) atoms. The molecule has 0 aliphatic carbocycles. The fraction of sp³-hybridized carbons (Fsp3) is 0.429. The molecule has 92 valence electrons. The molecule has 0 aliphatic heterocycles. The lowest BCUT2D eigenvalue weighted by Gasteiger charge is -2.07. The van der Waals surface area contributed by atoms with Crippen LogP contribution in [0.25, 0.3) is 10.1 Å². The van der Waals surface area contributed by atoms with E-state index >= 15 is 0 Å². The highest BCUT2D eigenvalue weighted by Crippen LogP contribution is 2.33. The molecule has 1 aromatic carbocycles. The van der Waals surface area contributed by atoms with Gasteiger partial charge in [0.15, 0.2) is 0 Å². The van der Waals surface area contributed by atoms with Crippen LogP contribution in [0.2, 0.25) is 0 Å². The number of aryl methyl sites for hydroxylation is 1. The second kappa shape index (κ2) is 5.51. The first-order chi connectivity index (χ1) is 8.11. The van der Waals surface area contributed by atoms with Crippen molar-refractivity contribution in [2.75, 3.05) is 0 Å². The first-order valence-corrected chi connectivity index (χ1v) is 7.66. The number of fused-ring (bicyclic) bond motifs is 1. The Morgan fingerprint density at radius 3 is 2.76 bits per heavy atom. The Bertz CT molecular complexity index is 516. The monoisotopic (exact) mass is 311 g/mol. The molecule has 2 aromatic rings. The van der Waals surface area contributed by atoms with Gasteiger partial charge in [-0.15, -0.1) is 11.3 Å². The minimum absolute atomic E-state index is 0.539. The highest BCUT2D eigenvalue weighted by molar-refractivity contribution is 9.10. The molecule has 0 fully saturated rings. The maximum Gasteiger partial charge on any atom is 0.0349 e. The number of hydrogen-bond donors (Lipinski definition) is 1. The van der Waals surface area contributed by atoms with Gasteiger partial charge in [-0.25, -0.2) is 0 Å². The second-order valence-electron chi connectivity index (χ2n) is 4.53. The summed E-state index contributed by atoms with van der Waals surface area (Å²) in [5, 5.41) is 4.92. The molecule has 1 heterocycles. The van der Waals surface area contributed by atoms with Crippen molar-refractivity contribution in [3.8, 4) is 0 Å². The first-order valence-electron chi connectivity index (χ1n) is 6.05. The van der Waals surface area contributed by atoms with Crippen molar-refractivity contribution >= 4 is 37.4 Å². The van der Waals surface area contributed by atoms with Crippen LogP contribution in [-0.2, 0) is 13.0 Å². The molecule has 3 heteroatoms. The zero-order valence-electron chi connectivity index (χ0n) is 10.5. The molecule has 0 atom stereocenters. The Morgan fingerprint density at radius 1 is 1.35 bits per heavy atom. The lowest BCUT2D eigenvalue weighted by molar-refractivity contribution is 0.591. The first kappa shape index (κ1) is 13.1. The lowest BCUT2D eigenvalue weighted by Crippen LogP contribution is -2.21. The normalized spacial score (nSPS) is 11.6. The maximum absolute atomic E-state index is 3.56. The van der Waals surface area contributed by atoms with Crippen LogP contribution >= 0.6 is 27.3 Å². The standard InChI is InChI=1S/C14H18BrNS/c1-4-11-12-7-10(15)5-6-13(12)17-14(11)8-16-9(2)3/h5-7,9,16H,4,8H2,1-3H3. The predicted molar refractivity (Wildman–Crippen MR) is 80.9 cm³/mol. The lowest BCUT2D eigenvalue weighted by atomic mass is 10.1. The Hall–Kier alpha value is -0.380. The zero-order valence-corrected chi connectivity index (χ0v) is 12.9. The van der Waals surface area contributed by atoms with Crippen molar-refractivity contribution in [1.29, 1.82) is 0 Å². The van der Waals surface area contributed by atoms with Crippen molar-refractivity contribution in [2.45, 2.75) is 39.8 Å². The second-order valence-corrected chi connectivity index (χ2v) is 6.59. The average molecular weight is 312 g/mol. The van der Waals surface area contributed by atoms with Crippen LogP contribution in [-0.4, -0.2) is 6.04 Å². The predicted octanol–water partition coefficient (Wildman–Crippen LogP) is 4.72. The Morgan fingerprint density at radius 2 is 2.12 bits per heavy atom. The topological polar surface area (TPSA) is 12.0 Å². The largest absolute Gasteiger partial charge is 0.310 e. The number of halogens is 1. The van der Waals surface area contributed by atoms with E-state index in [1.54, 1.807) is 0 Å². The van der Waals surface area contributed by atoms with E-state index < -0.39 is 0 Å². The van der Waals surface area contributed by atoms with Gasteiger partial charge in [0.05, 0.1) is 0 Å². The molecule has 1 aromatic heterocycles. The number of hydrogen-bond acceptors (Lipinski definition) is 2. The van der Waals surface area contributed by atoms with Crippen molar-refractivity contribution in [1.82, 2.24) is 5.32 Å². The molecule has 2 rings (SSSR count). The summed E-state index contributed by atoms with van der Waals surface area (Å²) in [5.74, 6) is 0. The van der Waals surface area contributed by atoms with E-state index in [0.717, 1.165) is 13.0 Å². The molecule has 0 saturated heterocycles. The molecule has 0 amide bonds. The van der Waals surface area contributed by atoms with E-state index in [2.05, 4.69) is 60.2 Å². The minimum atomic E-state index is 0.539. The van der Waals surface area contributed by atoms with Crippen LogP contribution in [0.5, 0.6) is 0 Å². The van der Waals surface area contributed by atoms with Gasteiger partial charge in [-0.3, -0.25) is 0 Å². The van der Waals surface area contributed by atoms with Gasteiger partial charge >= 0.3 is 0 Å². The quantitative estimate of drug-likeness (QED) is 0.861. The maximum atomic E-state index is 3.56. The van der Waals surface area contributed by atoms with E-state index in [4.69, 9.17) is 0 Å². The summed E-state index contributed by atoms with van der Waals surface area (Å²) in [6.45, 7) is 7.60. The third-order valence-electron chi connectivity index (χ3n) is 2.86. The molecule has 0 unspecified atom stereocenters. The summed E-state index contributed by atoms with van der Waals surface area (Å²) in [6, 6.07) is 7.11. The molecule has 1 N–H and O–H groups in total. The highest BCUT2D eigenvalue weighted by atomic mass is 79.9.